The Kier molecular flexibility index (Phi) is 5.52. The molecule has 2 N–H and O–H groups in total. The maximum absolute atomic E-state index is 12.3. The first-order valence-electron chi connectivity index (χ1n) is 12.2. The van der Waals surface area contributed by atoms with Crippen molar-refractivity contribution >= 4 is 33.4 Å². The second kappa shape index (κ2) is 9.02. The van der Waals surface area contributed by atoms with Crippen molar-refractivity contribution in [3.63, 3.8) is 0 Å². The molecular formula is C28H26N8O. The van der Waals surface area contributed by atoms with Crippen LogP contribution in [-0.2, 0) is 4.79 Å². The van der Waals surface area contributed by atoms with Crippen molar-refractivity contribution in [3.05, 3.63) is 79.4 Å². The van der Waals surface area contributed by atoms with Gasteiger partial charge in [0.25, 0.3) is 0 Å². The molecule has 0 radical (unpaired) electrons. The molecule has 0 unspecified atom stereocenters. The molecule has 184 valence electrons. The van der Waals surface area contributed by atoms with Crippen molar-refractivity contribution in [1.29, 1.82) is 0 Å². The Balaban J connectivity index is 1.44. The van der Waals surface area contributed by atoms with E-state index in [0.29, 0.717) is 12.1 Å². The molecule has 9 nitrogen and oxygen atoms in total. The Hall–Kier alpha value is -4.79. The molecule has 0 fully saturated rings. The Morgan fingerprint density at radius 1 is 1.05 bits per heavy atom. The van der Waals surface area contributed by atoms with Crippen molar-refractivity contribution in [3.8, 4) is 22.8 Å². The predicted octanol–water partition coefficient (Wildman–Crippen LogP) is 5.44. The zero-order valence-corrected chi connectivity index (χ0v) is 20.8. The summed E-state index contributed by atoms with van der Waals surface area (Å²) in [5, 5.41) is 9.96. The van der Waals surface area contributed by atoms with Crippen molar-refractivity contribution in [2.45, 2.75) is 27.2 Å². The smallest absolute Gasteiger partial charge is 0.224 e. The number of aromatic nitrogens is 7. The topological polar surface area (TPSA) is 106 Å². The van der Waals surface area contributed by atoms with E-state index in [1.807, 2.05) is 72.9 Å². The van der Waals surface area contributed by atoms with E-state index >= 15 is 0 Å². The number of benzene rings is 1. The minimum absolute atomic E-state index is 0.0319. The van der Waals surface area contributed by atoms with Gasteiger partial charge in [0.15, 0.2) is 0 Å². The van der Waals surface area contributed by atoms with Crippen LogP contribution in [0.4, 0.5) is 5.69 Å². The molecule has 0 saturated carbocycles. The summed E-state index contributed by atoms with van der Waals surface area (Å²) in [4.78, 5) is 29.0. The number of hydrogen-bond donors (Lipinski definition) is 2. The Morgan fingerprint density at radius 2 is 1.89 bits per heavy atom. The minimum Gasteiger partial charge on any atom is -0.352 e. The van der Waals surface area contributed by atoms with Gasteiger partial charge in [0.2, 0.25) is 5.91 Å². The fourth-order valence-electron chi connectivity index (χ4n) is 4.58. The fraction of sp³-hybridized carbons (Fsp3) is 0.179. The molecule has 0 aliphatic rings. The van der Waals surface area contributed by atoms with Gasteiger partial charge in [-0.05, 0) is 31.0 Å². The van der Waals surface area contributed by atoms with Crippen LogP contribution in [0.3, 0.4) is 0 Å². The van der Waals surface area contributed by atoms with Gasteiger partial charge in [-0.25, -0.2) is 9.67 Å². The second-order valence-electron chi connectivity index (χ2n) is 9.58. The number of aromatic amines is 1. The van der Waals surface area contributed by atoms with Gasteiger partial charge in [-0.3, -0.25) is 14.8 Å². The molecule has 0 aliphatic carbocycles. The average Bonchev–Trinajstić information content (AvgIpc) is 3.59. The van der Waals surface area contributed by atoms with Gasteiger partial charge in [0.1, 0.15) is 5.69 Å². The lowest BCUT2D eigenvalue weighted by Crippen LogP contribution is -2.14. The molecule has 0 spiro atoms. The van der Waals surface area contributed by atoms with Crippen LogP contribution in [0.15, 0.2) is 73.7 Å². The Bertz CT molecular complexity index is 1760. The van der Waals surface area contributed by atoms with E-state index < -0.39 is 0 Å². The first-order chi connectivity index (χ1) is 18.0. The number of nitrogens with zero attached hydrogens (tertiary/aromatic N) is 6. The monoisotopic (exact) mass is 490 g/mol. The lowest BCUT2D eigenvalue weighted by atomic mass is 10.1. The van der Waals surface area contributed by atoms with Crippen LogP contribution in [0, 0.1) is 12.8 Å². The molecule has 5 heterocycles. The van der Waals surface area contributed by atoms with Crippen LogP contribution in [-0.4, -0.2) is 40.2 Å². The first kappa shape index (κ1) is 22.7. The summed E-state index contributed by atoms with van der Waals surface area (Å²) in [5.41, 5.74) is 6.82. The molecule has 9 heteroatoms. The van der Waals surface area contributed by atoms with Gasteiger partial charge >= 0.3 is 0 Å². The van der Waals surface area contributed by atoms with E-state index in [1.165, 1.54) is 0 Å². The maximum Gasteiger partial charge on any atom is 0.224 e. The Labute approximate surface area is 213 Å². The summed E-state index contributed by atoms with van der Waals surface area (Å²) in [7, 11) is 0. The molecule has 0 aliphatic heterocycles. The number of aryl methyl sites for hydroxylation is 1. The predicted molar refractivity (Wildman–Crippen MR) is 144 cm³/mol. The van der Waals surface area contributed by atoms with E-state index in [0.717, 1.165) is 50.3 Å². The van der Waals surface area contributed by atoms with E-state index in [9.17, 15) is 4.79 Å². The van der Waals surface area contributed by atoms with E-state index in [2.05, 4.69) is 37.4 Å². The molecule has 6 rings (SSSR count). The molecule has 37 heavy (non-hydrogen) atoms. The fourth-order valence-corrected chi connectivity index (χ4v) is 4.58. The van der Waals surface area contributed by atoms with Gasteiger partial charge in [0.05, 0.1) is 70.6 Å². The number of amides is 1. The van der Waals surface area contributed by atoms with Crippen molar-refractivity contribution in [2.24, 2.45) is 5.92 Å². The van der Waals surface area contributed by atoms with Gasteiger partial charge in [-0.2, -0.15) is 5.10 Å². The molecule has 0 atom stereocenters. The van der Waals surface area contributed by atoms with E-state index in [1.54, 1.807) is 18.7 Å². The summed E-state index contributed by atoms with van der Waals surface area (Å²) in [6.45, 7) is 6.00. The van der Waals surface area contributed by atoms with E-state index in [4.69, 9.17) is 5.10 Å². The third-order valence-electron chi connectivity index (χ3n) is 6.20. The highest BCUT2D eigenvalue weighted by Crippen LogP contribution is 2.33. The number of anilines is 1. The van der Waals surface area contributed by atoms with Crippen LogP contribution < -0.4 is 5.32 Å². The summed E-state index contributed by atoms with van der Waals surface area (Å²) in [6, 6.07) is 12.1. The number of hydrogen-bond acceptors (Lipinski definition) is 5. The summed E-state index contributed by atoms with van der Waals surface area (Å²) in [6.07, 6.45) is 11.3. The number of rotatable bonds is 6. The quantitative estimate of drug-likeness (QED) is 0.323. The van der Waals surface area contributed by atoms with Gasteiger partial charge in [-0.1, -0.05) is 32.0 Å². The number of imidazole rings is 1. The van der Waals surface area contributed by atoms with E-state index in [-0.39, 0.29) is 11.8 Å². The first-order valence-corrected chi connectivity index (χ1v) is 12.2. The SMILES string of the molecule is Cc1cn(-c2cncc3[nH]c(-c4nn(-c5cncc(NC(=O)CC(C)C)c5)c5ccccc45)cc23)cn1. The lowest BCUT2D eigenvalue weighted by molar-refractivity contribution is -0.116. The second-order valence-corrected chi connectivity index (χ2v) is 9.58. The summed E-state index contributed by atoms with van der Waals surface area (Å²) < 4.78 is 3.84. The normalized spacial score (nSPS) is 11.6. The largest absolute Gasteiger partial charge is 0.352 e. The van der Waals surface area contributed by atoms with Crippen LogP contribution >= 0.6 is 0 Å². The van der Waals surface area contributed by atoms with Gasteiger partial charge in [0, 0.05) is 23.4 Å². The number of fused-ring (bicyclic) bond motifs is 2. The zero-order chi connectivity index (χ0) is 25.5. The van der Waals surface area contributed by atoms with Crippen LogP contribution in [0.1, 0.15) is 26.0 Å². The number of para-hydroxylation sites is 1. The van der Waals surface area contributed by atoms with Crippen molar-refractivity contribution in [2.75, 3.05) is 5.32 Å². The number of H-pyrrole nitrogens is 1. The molecular weight excluding hydrogens is 464 g/mol. The average molecular weight is 491 g/mol. The van der Waals surface area contributed by atoms with Crippen molar-refractivity contribution in [1.82, 2.24) is 34.3 Å². The molecule has 6 aromatic rings. The molecule has 1 amide bonds. The van der Waals surface area contributed by atoms with Crippen molar-refractivity contribution < 1.29 is 4.79 Å². The molecule has 1 aromatic carbocycles. The van der Waals surface area contributed by atoms with Crippen LogP contribution in [0.5, 0.6) is 0 Å². The Morgan fingerprint density at radius 3 is 2.70 bits per heavy atom. The van der Waals surface area contributed by atoms with Crippen LogP contribution in [0.2, 0.25) is 0 Å². The number of carbonyl (C=O) groups excluding carboxylic acids is 1. The highest BCUT2D eigenvalue weighted by atomic mass is 16.1. The number of pyridine rings is 2. The van der Waals surface area contributed by atoms with Crippen LogP contribution in [0.25, 0.3) is 44.6 Å². The standard InChI is InChI=1S/C28H26N8O/c1-17(2)8-27(37)32-19-9-20(12-29-11-19)36-25-7-5-4-6-21(25)28(34-36)23-10-22-24(33-23)13-30-14-26(22)35-15-18(3)31-16-35/h4-7,9-17,33H,8H2,1-3H3,(H,32,37). The highest BCUT2D eigenvalue weighted by Gasteiger charge is 2.17. The molecule has 0 saturated heterocycles. The third kappa shape index (κ3) is 4.24. The third-order valence-corrected chi connectivity index (χ3v) is 6.20. The highest BCUT2D eigenvalue weighted by molar-refractivity contribution is 5.98. The zero-order valence-electron chi connectivity index (χ0n) is 20.8. The summed E-state index contributed by atoms with van der Waals surface area (Å²) in [5.74, 6) is 0.245. The number of carbonyl (C=O) groups is 1. The van der Waals surface area contributed by atoms with Gasteiger partial charge in [-0.15, -0.1) is 0 Å². The summed E-state index contributed by atoms with van der Waals surface area (Å²) >= 11 is 0. The molecule has 0 bridgehead atoms. The molecule has 5 aromatic heterocycles. The number of nitrogens with one attached hydrogen (secondary N) is 2. The lowest BCUT2D eigenvalue weighted by Gasteiger charge is -2.09. The maximum atomic E-state index is 12.3. The van der Waals surface area contributed by atoms with Gasteiger partial charge < -0.3 is 14.9 Å². The minimum atomic E-state index is -0.0319.